The van der Waals surface area contributed by atoms with Crippen LogP contribution in [-0.4, -0.2) is 23.4 Å². The summed E-state index contributed by atoms with van der Waals surface area (Å²) in [5, 5.41) is 9.17. The van der Waals surface area contributed by atoms with Crippen molar-refractivity contribution in [3.8, 4) is 0 Å². The average molecular weight is 228 g/mol. The fourth-order valence-corrected chi connectivity index (χ4v) is 1.70. The number of unbranched alkanes of at least 4 members (excludes halogenated alkanes) is 3. The normalized spacial score (nSPS) is 13.8. The molecule has 0 aliphatic rings. The molecule has 0 amide bonds. The maximum absolute atomic E-state index is 9.17. The highest BCUT2D eigenvalue weighted by molar-refractivity contribution is 4.77. The predicted octanol–water partition coefficient (Wildman–Crippen LogP) is 3.69. The lowest BCUT2D eigenvalue weighted by atomic mass is 10.0. The van der Waals surface area contributed by atoms with Gasteiger partial charge in [-0.15, -0.1) is 6.58 Å². The lowest BCUT2D eigenvalue weighted by Crippen LogP contribution is -2.34. The number of ether oxygens (including phenoxy) is 1. The second-order valence-electron chi connectivity index (χ2n) is 5.03. The van der Waals surface area contributed by atoms with E-state index in [1.807, 2.05) is 19.9 Å². The summed E-state index contributed by atoms with van der Waals surface area (Å²) < 4.78 is 5.89. The van der Waals surface area contributed by atoms with Gasteiger partial charge >= 0.3 is 0 Å². The molecule has 0 fully saturated rings. The molecule has 0 saturated carbocycles. The second kappa shape index (κ2) is 8.77. The number of aliphatic hydroxyl groups excluding tert-OH is 1. The van der Waals surface area contributed by atoms with Crippen LogP contribution in [0.5, 0.6) is 0 Å². The molecule has 0 rings (SSSR count). The first-order valence-corrected chi connectivity index (χ1v) is 6.45. The highest BCUT2D eigenvalue weighted by Crippen LogP contribution is 2.18. The number of hydrogen-bond donors (Lipinski definition) is 1. The Morgan fingerprint density at radius 3 is 2.50 bits per heavy atom. The zero-order valence-electron chi connectivity index (χ0n) is 11.2. The van der Waals surface area contributed by atoms with Crippen molar-refractivity contribution in [3.05, 3.63) is 12.7 Å². The van der Waals surface area contributed by atoms with Gasteiger partial charge in [0.15, 0.2) is 0 Å². The quantitative estimate of drug-likeness (QED) is 0.456. The van der Waals surface area contributed by atoms with Crippen LogP contribution in [0.25, 0.3) is 0 Å². The van der Waals surface area contributed by atoms with Crippen LogP contribution in [0.4, 0.5) is 0 Å². The standard InChI is InChI=1S/C14H28O2/c1-5-7-8-9-11-13(10-6-2)16-14(3,4)12-15/h6,13,15H,2,5,7-12H2,1,3-4H3. The predicted molar refractivity (Wildman–Crippen MR) is 69.6 cm³/mol. The first-order valence-electron chi connectivity index (χ1n) is 6.45. The molecule has 0 aliphatic heterocycles. The molecule has 0 aromatic heterocycles. The maximum Gasteiger partial charge on any atom is 0.0860 e. The number of aliphatic hydroxyl groups is 1. The van der Waals surface area contributed by atoms with Crippen molar-refractivity contribution in [1.29, 1.82) is 0 Å². The van der Waals surface area contributed by atoms with Crippen LogP contribution >= 0.6 is 0 Å². The summed E-state index contributed by atoms with van der Waals surface area (Å²) in [5.74, 6) is 0. The molecule has 1 N–H and O–H groups in total. The molecule has 1 atom stereocenters. The van der Waals surface area contributed by atoms with E-state index in [0.717, 1.165) is 12.8 Å². The van der Waals surface area contributed by atoms with E-state index in [0.29, 0.717) is 0 Å². The molecule has 0 saturated heterocycles. The van der Waals surface area contributed by atoms with Gasteiger partial charge in [-0.1, -0.05) is 38.7 Å². The summed E-state index contributed by atoms with van der Waals surface area (Å²) in [6.45, 7) is 9.89. The fourth-order valence-electron chi connectivity index (χ4n) is 1.70. The van der Waals surface area contributed by atoms with Crippen molar-refractivity contribution in [1.82, 2.24) is 0 Å². The molecule has 2 nitrogen and oxygen atoms in total. The van der Waals surface area contributed by atoms with E-state index in [1.165, 1.54) is 25.7 Å². The number of hydrogen-bond acceptors (Lipinski definition) is 2. The van der Waals surface area contributed by atoms with Crippen LogP contribution in [0.2, 0.25) is 0 Å². The summed E-state index contributed by atoms with van der Waals surface area (Å²) in [6.07, 6.45) is 9.07. The van der Waals surface area contributed by atoms with Crippen molar-refractivity contribution in [3.63, 3.8) is 0 Å². The minimum absolute atomic E-state index is 0.0651. The molecule has 1 unspecified atom stereocenters. The van der Waals surface area contributed by atoms with E-state index < -0.39 is 5.60 Å². The smallest absolute Gasteiger partial charge is 0.0860 e. The minimum Gasteiger partial charge on any atom is -0.393 e. The highest BCUT2D eigenvalue weighted by Gasteiger charge is 2.21. The second-order valence-corrected chi connectivity index (χ2v) is 5.03. The molecule has 2 heteroatoms. The van der Waals surface area contributed by atoms with Crippen molar-refractivity contribution in [2.75, 3.05) is 6.61 Å². The van der Waals surface area contributed by atoms with Crippen LogP contribution in [0, 0.1) is 0 Å². The van der Waals surface area contributed by atoms with Gasteiger partial charge in [-0.2, -0.15) is 0 Å². The van der Waals surface area contributed by atoms with Gasteiger partial charge in [0.1, 0.15) is 0 Å². The Labute approximate surface area is 101 Å². The SMILES string of the molecule is C=CCC(CCCCCC)OC(C)(C)CO. The summed E-state index contributed by atoms with van der Waals surface area (Å²) in [4.78, 5) is 0. The van der Waals surface area contributed by atoms with Crippen LogP contribution < -0.4 is 0 Å². The van der Waals surface area contributed by atoms with Gasteiger partial charge in [-0.3, -0.25) is 0 Å². The Morgan fingerprint density at radius 1 is 1.31 bits per heavy atom. The zero-order valence-corrected chi connectivity index (χ0v) is 11.2. The molecule has 0 bridgehead atoms. The van der Waals surface area contributed by atoms with Crippen molar-refractivity contribution in [2.24, 2.45) is 0 Å². The van der Waals surface area contributed by atoms with Gasteiger partial charge in [0, 0.05) is 0 Å². The molecule has 0 heterocycles. The topological polar surface area (TPSA) is 29.5 Å². The summed E-state index contributed by atoms with van der Waals surface area (Å²) in [6, 6.07) is 0. The summed E-state index contributed by atoms with van der Waals surface area (Å²) >= 11 is 0. The third-order valence-electron chi connectivity index (χ3n) is 2.68. The molecule has 16 heavy (non-hydrogen) atoms. The van der Waals surface area contributed by atoms with Crippen molar-refractivity contribution < 1.29 is 9.84 Å². The van der Waals surface area contributed by atoms with Crippen LogP contribution in [-0.2, 0) is 4.74 Å². The Hall–Kier alpha value is -0.340. The molecule has 0 spiro atoms. The van der Waals surface area contributed by atoms with Crippen LogP contribution in [0.3, 0.4) is 0 Å². The van der Waals surface area contributed by atoms with Gasteiger partial charge in [0.2, 0.25) is 0 Å². The first kappa shape index (κ1) is 15.7. The van der Waals surface area contributed by atoms with E-state index in [2.05, 4.69) is 13.5 Å². The molecule has 0 aromatic carbocycles. The summed E-state index contributed by atoms with van der Waals surface area (Å²) in [7, 11) is 0. The van der Waals surface area contributed by atoms with Gasteiger partial charge in [-0.05, 0) is 26.7 Å². The third kappa shape index (κ3) is 7.89. The Morgan fingerprint density at radius 2 is 2.00 bits per heavy atom. The minimum atomic E-state index is -0.432. The Kier molecular flexibility index (Phi) is 8.58. The molecule has 0 aliphatic carbocycles. The van der Waals surface area contributed by atoms with Gasteiger partial charge < -0.3 is 9.84 Å². The average Bonchev–Trinajstić information content (AvgIpc) is 2.24. The molecule has 0 radical (unpaired) electrons. The highest BCUT2D eigenvalue weighted by atomic mass is 16.5. The monoisotopic (exact) mass is 228 g/mol. The van der Waals surface area contributed by atoms with E-state index in [9.17, 15) is 0 Å². The van der Waals surface area contributed by atoms with Gasteiger partial charge in [-0.25, -0.2) is 0 Å². The molecule has 96 valence electrons. The van der Waals surface area contributed by atoms with Crippen molar-refractivity contribution >= 4 is 0 Å². The maximum atomic E-state index is 9.17. The first-order chi connectivity index (χ1) is 7.55. The molecular formula is C14H28O2. The third-order valence-corrected chi connectivity index (χ3v) is 2.68. The van der Waals surface area contributed by atoms with Crippen molar-refractivity contribution in [2.45, 2.75) is 71.0 Å². The Balaban J connectivity index is 3.92. The fraction of sp³-hybridized carbons (Fsp3) is 0.857. The molecule has 0 aromatic rings. The van der Waals surface area contributed by atoms with E-state index in [-0.39, 0.29) is 12.7 Å². The summed E-state index contributed by atoms with van der Waals surface area (Å²) in [5.41, 5.74) is -0.432. The van der Waals surface area contributed by atoms with Crippen LogP contribution in [0.1, 0.15) is 59.3 Å². The van der Waals surface area contributed by atoms with Crippen LogP contribution in [0.15, 0.2) is 12.7 Å². The van der Waals surface area contributed by atoms with Gasteiger partial charge in [0.25, 0.3) is 0 Å². The van der Waals surface area contributed by atoms with E-state index >= 15 is 0 Å². The Bertz CT molecular complexity index is 176. The largest absolute Gasteiger partial charge is 0.393 e. The zero-order chi connectivity index (χ0) is 12.4. The van der Waals surface area contributed by atoms with E-state index in [1.54, 1.807) is 0 Å². The number of rotatable bonds is 10. The lowest BCUT2D eigenvalue weighted by Gasteiger charge is -2.29. The molecular weight excluding hydrogens is 200 g/mol. The van der Waals surface area contributed by atoms with E-state index in [4.69, 9.17) is 9.84 Å². The van der Waals surface area contributed by atoms with Gasteiger partial charge in [0.05, 0.1) is 18.3 Å². The lowest BCUT2D eigenvalue weighted by molar-refractivity contribution is -0.0991.